The molecule has 5 nitrogen and oxygen atoms in total. The smallest absolute Gasteiger partial charge is 0.337 e. The van der Waals surface area contributed by atoms with E-state index in [2.05, 4.69) is 48.3 Å². The Morgan fingerprint density at radius 2 is 1.84 bits per heavy atom. The molecule has 1 N–H and O–H groups in total. The first-order valence-electron chi connectivity index (χ1n) is 11.2. The molecule has 2 aliphatic rings. The average Bonchev–Trinajstić information content (AvgIpc) is 2.64. The number of fused-ring (bicyclic) bond motifs is 1. The van der Waals surface area contributed by atoms with Crippen molar-refractivity contribution >= 4 is 34.5 Å². The quantitative estimate of drug-likeness (QED) is 0.497. The first-order chi connectivity index (χ1) is 14.2. The van der Waals surface area contributed by atoms with E-state index in [1.807, 2.05) is 27.7 Å². The van der Waals surface area contributed by atoms with Crippen molar-refractivity contribution in [1.29, 1.82) is 0 Å². The van der Waals surface area contributed by atoms with Crippen molar-refractivity contribution < 1.29 is 19.4 Å². The molecule has 1 fully saturated rings. The van der Waals surface area contributed by atoms with Crippen molar-refractivity contribution in [2.24, 2.45) is 5.41 Å². The van der Waals surface area contributed by atoms with Gasteiger partial charge >= 0.3 is 5.97 Å². The third kappa shape index (κ3) is 4.80. The van der Waals surface area contributed by atoms with Crippen LogP contribution in [0.15, 0.2) is 0 Å². The second-order valence-electron chi connectivity index (χ2n) is 10.8. The molecule has 1 amide bonds. The predicted octanol–water partition coefficient (Wildman–Crippen LogP) is 5.70. The topological polar surface area (TPSA) is 66.8 Å². The van der Waals surface area contributed by atoms with Crippen LogP contribution in [-0.2, 0) is 27.3 Å². The zero-order valence-corrected chi connectivity index (χ0v) is 22.1. The molecule has 1 saturated carbocycles. The van der Waals surface area contributed by atoms with Gasteiger partial charge in [-0.3, -0.25) is 4.79 Å². The van der Waals surface area contributed by atoms with Crippen molar-refractivity contribution in [3.8, 4) is 0 Å². The highest BCUT2D eigenvalue weighted by Crippen LogP contribution is 2.43. The van der Waals surface area contributed by atoms with E-state index >= 15 is 0 Å². The molecule has 0 aromatic heterocycles. The zero-order valence-electron chi connectivity index (χ0n) is 19.9. The van der Waals surface area contributed by atoms with Crippen LogP contribution in [0.1, 0.15) is 94.2 Å². The lowest BCUT2D eigenvalue weighted by molar-refractivity contribution is -0.160. The van der Waals surface area contributed by atoms with Gasteiger partial charge in [0.2, 0.25) is 5.91 Å². The van der Waals surface area contributed by atoms with Gasteiger partial charge in [-0.25, -0.2) is 4.79 Å². The molecule has 6 heteroatoms. The van der Waals surface area contributed by atoms with Gasteiger partial charge in [0.15, 0.2) is 6.10 Å². The molecule has 2 atom stereocenters. The summed E-state index contributed by atoms with van der Waals surface area (Å²) in [7, 11) is 0. The number of rotatable bonds is 4. The van der Waals surface area contributed by atoms with Gasteiger partial charge < -0.3 is 14.7 Å². The molecule has 172 valence electrons. The minimum absolute atomic E-state index is 0.121. The van der Waals surface area contributed by atoms with Crippen molar-refractivity contribution in [3.63, 3.8) is 0 Å². The van der Waals surface area contributed by atoms with Crippen LogP contribution in [0.25, 0.3) is 0 Å². The Labute approximate surface area is 200 Å². The lowest BCUT2D eigenvalue weighted by Crippen LogP contribution is -2.52. The van der Waals surface area contributed by atoms with E-state index < -0.39 is 17.7 Å². The monoisotopic (exact) mass is 541 g/mol. The molecule has 1 heterocycles. The molecule has 0 spiro atoms. The number of carboxylic acids is 1. The van der Waals surface area contributed by atoms with E-state index in [1.54, 1.807) is 0 Å². The van der Waals surface area contributed by atoms with Gasteiger partial charge in [-0.1, -0.05) is 26.7 Å². The normalized spacial score (nSPS) is 22.3. The first kappa shape index (κ1) is 24.5. The molecule has 1 aromatic carbocycles. The van der Waals surface area contributed by atoms with Crippen molar-refractivity contribution in [1.82, 2.24) is 4.90 Å². The first-order valence-corrected chi connectivity index (χ1v) is 12.3. The third-order valence-corrected chi connectivity index (χ3v) is 8.39. The fraction of sp³-hybridized carbons (Fsp3) is 0.680. The molecular formula is C25H36INO4. The highest BCUT2D eigenvalue weighted by atomic mass is 127. The Balaban J connectivity index is 2.07. The van der Waals surface area contributed by atoms with E-state index in [0.717, 1.165) is 33.1 Å². The number of amides is 1. The maximum atomic E-state index is 13.3. The van der Waals surface area contributed by atoms with Crippen LogP contribution < -0.4 is 0 Å². The van der Waals surface area contributed by atoms with E-state index in [4.69, 9.17) is 4.74 Å². The van der Waals surface area contributed by atoms with Gasteiger partial charge in [-0.15, -0.1) is 0 Å². The molecule has 1 aliphatic carbocycles. The summed E-state index contributed by atoms with van der Waals surface area (Å²) in [6.45, 7) is 14.8. The molecule has 0 radical (unpaired) electrons. The van der Waals surface area contributed by atoms with E-state index in [9.17, 15) is 14.7 Å². The molecule has 0 saturated heterocycles. The number of carbonyl (C=O) groups excluding carboxylic acids is 1. The Morgan fingerprint density at radius 1 is 1.19 bits per heavy atom. The minimum Gasteiger partial charge on any atom is -0.479 e. The summed E-state index contributed by atoms with van der Waals surface area (Å²) >= 11 is 2.26. The van der Waals surface area contributed by atoms with Gasteiger partial charge in [0, 0.05) is 21.7 Å². The molecular weight excluding hydrogens is 505 g/mol. The SMILES string of the molecule is Cc1c(I)c([C@H](OC(C)(C)C)C(=O)O)c(C)c2c1CN(C1CCCCC1(C)C)C(=O)C2. The van der Waals surface area contributed by atoms with Crippen LogP contribution in [-0.4, -0.2) is 33.5 Å². The summed E-state index contributed by atoms with van der Waals surface area (Å²) in [5.74, 6) is -0.839. The van der Waals surface area contributed by atoms with Crippen LogP contribution in [0.2, 0.25) is 0 Å². The third-order valence-electron chi connectivity index (χ3n) is 7.00. The number of aliphatic carboxylic acids is 1. The van der Waals surface area contributed by atoms with E-state index in [-0.39, 0.29) is 17.4 Å². The number of hydrogen-bond donors (Lipinski definition) is 1. The van der Waals surface area contributed by atoms with Gasteiger partial charge in [0.25, 0.3) is 0 Å². The lowest BCUT2D eigenvalue weighted by atomic mass is 9.71. The van der Waals surface area contributed by atoms with Crippen LogP contribution in [0.3, 0.4) is 0 Å². The van der Waals surface area contributed by atoms with Gasteiger partial charge in [-0.2, -0.15) is 0 Å². The average molecular weight is 541 g/mol. The second kappa shape index (κ2) is 8.65. The summed E-state index contributed by atoms with van der Waals surface area (Å²) in [5.41, 5.74) is 4.36. The summed E-state index contributed by atoms with van der Waals surface area (Å²) < 4.78 is 6.90. The predicted molar refractivity (Wildman–Crippen MR) is 130 cm³/mol. The molecule has 3 rings (SSSR count). The molecule has 0 bridgehead atoms. The number of halogens is 1. The van der Waals surface area contributed by atoms with E-state index in [1.165, 1.54) is 18.4 Å². The number of carboxylic acid groups (broad SMARTS) is 1. The summed E-state index contributed by atoms with van der Waals surface area (Å²) in [6.07, 6.45) is 3.88. The fourth-order valence-electron chi connectivity index (χ4n) is 5.31. The van der Waals surface area contributed by atoms with E-state index in [0.29, 0.717) is 18.5 Å². The van der Waals surface area contributed by atoms with Crippen LogP contribution in [0, 0.1) is 22.8 Å². The lowest BCUT2D eigenvalue weighted by Gasteiger charge is -2.47. The van der Waals surface area contributed by atoms with Gasteiger partial charge in [-0.05, 0) is 97.7 Å². The van der Waals surface area contributed by atoms with Gasteiger partial charge in [0.05, 0.1) is 12.0 Å². The highest BCUT2D eigenvalue weighted by Gasteiger charge is 2.41. The Morgan fingerprint density at radius 3 is 2.39 bits per heavy atom. The van der Waals surface area contributed by atoms with Crippen LogP contribution in [0.5, 0.6) is 0 Å². The Bertz CT molecular complexity index is 900. The highest BCUT2D eigenvalue weighted by molar-refractivity contribution is 14.1. The molecule has 31 heavy (non-hydrogen) atoms. The standard InChI is InChI=1S/C25H36INO4/c1-14-16-12-19(28)27(18-10-8-9-11-25(18,6)7)13-17(16)15(2)21(26)20(14)22(23(29)30)31-24(3,4)5/h18,22H,8-13H2,1-7H3,(H,29,30)/t18?,22-/m0/s1. The van der Waals surface area contributed by atoms with Crippen molar-refractivity contribution in [2.45, 2.75) is 105 Å². The maximum Gasteiger partial charge on any atom is 0.337 e. The molecule has 1 unspecified atom stereocenters. The number of hydrogen-bond acceptors (Lipinski definition) is 3. The largest absolute Gasteiger partial charge is 0.479 e. The number of ether oxygens (including phenoxy) is 1. The molecule has 1 aliphatic heterocycles. The van der Waals surface area contributed by atoms with Crippen LogP contribution >= 0.6 is 22.6 Å². The Hall–Kier alpha value is -1.15. The molecule has 1 aromatic rings. The number of benzene rings is 1. The van der Waals surface area contributed by atoms with Crippen molar-refractivity contribution in [2.75, 3.05) is 0 Å². The second-order valence-corrected chi connectivity index (χ2v) is 11.9. The number of nitrogens with zero attached hydrogens (tertiary/aromatic N) is 1. The summed E-state index contributed by atoms with van der Waals surface area (Å²) in [5, 5.41) is 9.95. The summed E-state index contributed by atoms with van der Waals surface area (Å²) in [4.78, 5) is 27.6. The fourth-order valence-corrected chi connectivity index (χ4v) is 6.33. The van der Waals surface area contributed by atoms with Gasteiger partial charge in [0.1, 0.15) is 0 Å². The summed E-state index contributed by atoms with van der Waals surface area (Å²) in [6, 6.07) is 0.259. The van der Waals surface area contributed by atoms with Crippen molar-refractivity contribution in [3.05, 3.63) is 31.4 Å². The maximum absolute atomic E-state index is 13.3. The van der Waals surface area contributed by atoms with Crippen LogP contribution in [0.4, 0.5) is 0 Å². The zero-order chi connectivity index (χ0) is 23.3. The number of carbonyl (C=O) groups is 2. The minimum atomic E-state index is -1.05. The Kier molecular flexibility index (Phi) is 6.84.